The van der Waals surface area contributed by atoms with E-state index in [9.17, 15) is 8.42 Å². The van der Waals surface area contributed by atoms with E-state index in [1.54, 1.807) is 10.4 Å². The van der Waals surface area contributed by atoms with E-state index >= 15 is 0 Å². The first-order chi connectivity index (χ1) is 10.6. The van der Waals surface area contributed by atoms with Gasteiger partial charge in [-0.2, -0.15) is 4.31 Å². The van der Waals surface area contributed by atoms with Crippen LogP contribution in [-0.4, -0.2) is 49.0 Å². The lowest BCUT2D eigenvalue weighted by molar-refractivity contribution is 0.439. The van der Waals surface area contributed by atoms with Gasteiger partial charge in [-0.15, -0.1) is 12.4 Å². The third-order valence-electron chi connectivity index (χ3n) is 4.71. The van der Waals surface area contributed by atoms with Gasteiger partial charge in [-0.25, -0.2) is 13.4 Å². The standard InChI is InChI=1S/C14H18N4O3S.ClH/c1-2-13-12-3-11(6-16-14(12)21-17-13)22(19,20)18-7-9-4-15-5-10(9)8-18;/h3,6,9-10,15H,2,4-5,7-8H2,1H3;1H/t9-,10+;. The van der Waals surface area contributed by atoms with Gasteiger partial charge in [-0.1, -0.05) is 12.1 Å². The Balaban J connectivity index is 0.00000156. The molecule has 0 spiro atoms. The van der Waals surface area contributed by atoms with Crippen LogP contribution in [0.15, 0.2) is 21.7 Å². The summed E-state index contributed by atoms with van der Waals surface area (Å²) in [4.78, 5) is 4.34. The second-order valence-electron chi connectivity index (χ2n) is 6.01. The molecule has 2 saturated heterocycles. The Morgan fingerprint density at radius 3 is 2.70 bits per heavy atom. The molecule has 2 aromatic heterocycles. The van der Waals surface area contributed by atoms with Gasteiger partial charge in [0.2, 0.25) is 10.0 Å². The molecule has 23 heavy (non-hydrogen) atoms. The lowest BCUT2D eigenvalue weighted by Gasteiger charge is -2.17. The highest BCUT2D eigenvalue weighted by Gasteiger charge is 2.41. The summed E-state index contributed by atoms with van der Waals surface area (Å²) in [5, 5.41) is 7.93. The van der Waals surface area contributed by atoms with Gasteiger partial charge >= 0.3 is 0 Å². The molecule has 2 atom stereocenters. The predicted molar refractivity (Wildman–Crippen MR) is 87.0 cm³/mol. The summed E-state index contributed by atoms with van der Waals surface area (Å²) in [5.41, 5.74) is 1.13. The molecule has 1 N–H and O–H groups in total. The zero-order chi connectivity index (χ0) is 15.3. The minimum atomic E-state index is -3.50. The molecule has 2 aliphatic rings. The van der Waals surface area contributed by atoms with Crippen LogP contribution < -0.4 is 5.32 Å². The van der Waals surface area contributed by atoms with Crippen LogP contribution in [0.1, 0.15) is 12.6 Å². The third-order valence-corrected chi connectivity index (χ3v) is 6.50. The fourth-order valence-corrected chi connectivity index (χ4v) is 4.94. The first-order valence-corrected chi connectivity index (χ1v) is 8.98. The summed E-state index contributed by atoms with van der Waals surface area (Å²) < 4.78 is 32.4. The summed E-state index contributed by atoms with van der Waals surface area (Å²) in [6, 6.07) is 1.64. The van der Waals surface area contributed by atoms with Crippen molar-refractivity contribution in [3.05, 3.63) is 18.0 Å². The number of halogens is 1. The van der Waals surface area contributed by atoms with E-state index < -0.39 is 10.0 Å². The smallest absolute Gasteiger partial charge is 0.258 e. The van der Waals surface area contributed by atoms with Crippen LogP contribution in [0.3, 0.4) is 0 Å². The molecule has 0 amide bonds. The zero-order valence-electron chi connectivity index (χ0n) is 12.7. The van der Waals surface area contributed by atoms with Gasteiger partial charge in [0, 0.05) is 13.1 Å². The zero-order valence-corrected chi connectivity index (χ0v) is 14.4. The van der Waals surface area contributed by atoms with Crippen molar-refractivity contribution in [1.82, 2.24) is 19.8 Å². The second kappa shape index (κ2) is 6.01. The maximum atomic E-state index is 12.8. The van der Waals surface area contributed by atoms with Crippen molar-refractivity contribution in [2.24, 2.45) is 11.8 Å². The first kappa shape index (κ1) is 16.6. The van der Waals surface area contributed by atoms with Crippen LogP contribution in [0.5, 0.6) is 0 Å². The molecular weight excluding hydrogens is 340 g/mol. The Kier molecular flexibility index (Phi) is 4.35. The fourth-order valence-electron chi connectivity index (χ4n) is 3.41. The van der Waals surface area contributed by atoms with Gasteiger partial charge < -0.3 is 9.84 Å². The maximum absolute atomic E-state index is 12.8. The molecule has 0 aliphatic carbocycles. The Labute approximate surface area is 140 Å². The van der Waals surface area contributed by atoms with Crippen LogP contribution in [0.25, 0.3) is 11.1 Å². The number of hydrogen-bond acceptors (Lipinski definition) is 6. The van der Waals surface area contributed by atoms with Gasteiger partial charge in [-0.3, -0.25) is 0 Å². The van der Waals surface area contributed by atoms with Crippen LogP contribution in [0.2, 0.25) is 0 Å². The van der Waals surface area contributed by atoms with E-state index in [0.29, 0.717) is 42.4 Å². The molecular formula is C14H19ClN4O3S. The largest absolute Gasteiger partial charge is 0.336 e. The van der Waals surface area contributed by atoms with Gasteiger partial charge in [0.1, 0.15) is 4.90 Å². The van der Waals surface area contributed by atoms with E-state index in [0.717, 1.165) is 18.8 Å². The number of nitrogens with one attached hydrogen (secondary N) is 1. The number of sulfonamides is 1. The van der Waals surface area contributed by atoms with Gasteiger partial charge in [0.05, 0.1) is 17.3 Å². The highest BCUT2D eigenvalue weighted by Crippen LogP contribution is 2.31. The summed E-state index contributed by atoms with van der Waals surface area (Å²) >= 11 is 0. The summed E-state index contributed by atoms with van der Waals surface area (Å²) in [5.74, 6) is 0.849. The summed E-state index contributed by atoms with van der Waals surface area (Å²) in [6.07, 6.45) is 2.05. The first-order valence-electron chi connectivity index (χ1n) is 7.54. The minimum absolute atomic E-state index is 0. The normalized spacial score (nSPS) is 24.7. The monoisotopic (exact) mass is 358 g/mol. The Bertz CT molecular complexity index is 811. The van der Waals surface area contributed by atoms with Gasteiger partial charge in [-0.05, 0) is 37.4 Å². The molecule has 7 nitrogen and oxygen atoms in total. The average Bonchev–Trinajstić information content (AvgIpc) is 3.20. The number of fused-ring (bicyclic) bond motifs is 2. The Morgan fingerprint density at radius 1 is 1.35 bits per heavy atom. The van der Waals surface area contributed by atoms with E-state index in [4.69, 9.17) is 4.52 Å². The molecule has 0 saturated carbocycles. The Hall–Kier alpha value is -1.22. The van der Waals surface area contributed by atoms with Crippen molar-refractivity contribution in [3.63, 3.8) is 0 Å². The van der Waals surface area contributed by atoms with Crippen molar-refractivity contribution >= 4 is 33.5 Å². The SMILES string of the molecule is CCc1noc2ncc(S(=O)(=O)N3C[C@H]4CNC[C@H]4C3)cc12.Cl. The molecule has 0 unspecified atom stereocenters. The van der Waals surface area contributed by atoms with Crippen molar-refractivity contribution in [2.45, 2.75) is 18.2 Å². The number of aryl methyl sites for hydroxylation is 1. The number of aromatic nitrogens is 2. The quantitative estimate of drug-likeness (QED) is 0.882. The Morgan fingerprint density at radius 2 is 2.04 bits per heavy atom. The van der Waals surface area contributed by atoms with Crippen LogP contribution >= 0.6 is 12.4 Å². The molecule has 126 valence electrons. The number of rotatable bonds is 3. The highest BCUT2D eigenvalue weighted by molar-refractivity contribution is 7.89. The average molecular weight is 359 g/mol. The topological polar surface area (TPSA) is 88.3 Å². The van der Waals surface area contributed by atoms with Gasteiger partial charge in [0.15, 0.2) is 0 Å². The molecule has 4 heterocycles. The number of pyridine rings is 1. The lowest BCUT2D eigenvalue weighted by Crippen LogP contribution is -2.32. The molecule has 0 aromatic carbocycles. The second-order valence-corrected chi connectivity index (χ2v) is 7.94. The number of nitrogens with zero attached hydrogens (tertiary/aromatic N) is 3. The fraction of sp³-hybridized carbons (Fsp3) is 0.571. The van der Waals surface area contributed by atoms with E-state index in [1.165, 1.54) is 6.20 Å². The molecule has 2 aliphatic heterocycles. The molecule has 2 fully saturated rings. The molecule has 0 bridgehead atoms. The van der Waals surface area contributed by atoms with Crippen molar-refractivity contribution in [1.29, 1.82) is 0 Å². The minimum Gasteiger partial charge on any atom is -0.336 e. The van der Waals surface area contributed by atoms with Crippen LogP contribution in [0, 0.1) is 11.8 Å². The van der Waals surface area contributed by atoms with Crippen molar-refractivity contribution < 1.29 is 12.9 Å². The third kappa shape index (κ3) is 2.63. The lowest BCUT2D eigenvalue weighted by atomic mass is 10.0. The molecule has 2 aromatic rings. The van der Waals surface area contributed by atoms with E-state index in [-0.39, 0.29) is 17.3 Å². The summed E-state index contributed by atoms with van der Waals surface area (Å²) in [7, 11) is -3.50. The van der Waals surface area contributed by atoms with Crippen LogP contribution in [-0.2, 0) is 16.4 Å². The molecule has 4 rings (SSSR count). The van der Waals surface area contributed by atoms with Gasteiger partial charge in [0.25, 0.3) is 5.71 Å². The maximum Gasteiger partial charge on any atom is 0.258 e. The van der Waals surface area contributed by atoms with Crippen molar-refractivity contribution in [3.8, 4) is 0 Å². The van der Waals surface area contributed by atoms with E-state index in [1.807, 2.05) is 6.92 Å². The van der Waals surface area contributed by atoms with E-state index in [2.05, 4.69) is 15.5 Å². The summed E-state index contributed by atoms with van der Waals surface area (Å²) in [6.45, 7) is 4.93. The molecule has 9 heteroatoms. The highest BCUT2D eigenvalue weighted by atomic mass is 35.5. The number of hydrogen-bond donors (Lipinski definition) is 1. The van der Waals surface area contributed by atoms with Crippen molar-refractivity contribution in [2.75, 3.05) is 26.2 Å². The predicted octanol–water partition coefficient (Wildman–Crippen LogP) is 1.05. The van der Waals surface area contributed by atoms with Crippen LogP contribution in [0.4, 0.5) is 0 Å². The molecule has 0 radical (unpaired) electrons.